The lowest BCUT2D eigenvalue weighted by Crippen LogP contribution is -2.30. The van der Waals surface area contributed by atoms with Crippen LogP contribution in [0.2, 0.25) is 0 Å². The van der Waals surface area contributed by atoms with Crippen LogP contribution in [0.5, 0.6) is 17.2 Å². The number of hydrogen-bond acceptors (Lipinski definition) is 15. The average Bonchev–Trinajstić information content (AvgIpc) is 1.27. The topological polar surface area (TPSA) is 259 Å². The average molecular weight is 1560 g/mol. The lowest BCUT2D eigenvalue weighted by molar-refractivity contribution is -0.155. The van der Waals surface area contributed by atoms with Crippen molar-refractivity contribution < 1.29 is 73.8 Å². The fraction of sp³-hybridized carbons (Fsp3) is 0.313. The van der Waals surface area contributed by atoms with Crippen molar-refractivity contribution >= 4 is 58.1 Å². The number of aliphatic imine (C=N–C) groups is 2. The first kappa shape index (κ1) is 86.4. The first-order valence-electron chi connectivity index (χ1n) is 34.7. The maximum Gasteiger partial charge on any atom is 0.306 e. The molecule has 0 bridgehead atoms. The second-order valence-corrected chi connectivity index (χ2v) is 30.0. The predicted molar refractivity (Wildman–Crippen MR) is 415 cm³/mol. The Bertz CT molecular complexity index is 5210. The molecule has 110 heavy (non-hydrogen) atoms. The Morgan fingerprint density at radius 1 is 0.555 bits per heavy atom. The van der Waals surface area contributed by atoms with Gasteiger partial charge in [0.2, 0.25) is 0 Å². The number of hydrogen-bond donors (Lipinski definition) is 2. The maximum atomic E-state index is 15.9. The van der Waals surface area contributed by atoms with Gasteiger partial charge in [-0.15, -0.1) is 12.4 Å². The zero-order valence-corrected chi connectivity index (χ0v) is 64.9. The number of ketones is 2. The van der Waals surface area contributed by atoms with Crippen LogP contribution in [0.1, 0.15) is 160 Å². The van der Waals surface area contributed by atoms with E-state index in [1.165, 1.54) is 151 Å². The number of benzene rings is 6. The molecule has 19 nitrogen and oxygen atoms in total. The SMILES string of the molecule is CCCC(=O)C[C@@H]1N=C(c2ccc(F)cc2)c2c(ccc(OC)c2F)-c2cn(C)c(=O)cc21.CCN.COc1ccc(-c2cn(C)c(=O)cc2[C@H](CC(=O)OC(C)(C)C)C[S@@](=O)C(C)(C)C)c(C(=O)c2ccc(F)cc2)c1F.COc1ccc2c(c1F)C(c1ccc(F)cc1)=N[C@@H](CC(=O)O)c1cc(=O)n(C)cc1-2.Cl. The molecule has 2 aliphatic rings. The lowest BCUT2D eigenvalue weighted by atomic mass is 9.86. The molecule has 0 fully saturated rings. The highest BCUT2D eigenvalue weighted by Crippen LogP contribution is 2.45. The van der Waals surface area contributed by atoms with Crippen LogP contribution in [0.25, 0.3) is 33.4 Å². The minimum atomic E-state index is -1.45. The Labute approximate surface area is 641 Å². The van der Waals surface area contributed by atoms with E-state index in [9.17, 15) is 56.0 Å². The number of carbonyl (C=O) groups is 4. The van der Waals surface area contributed by atoms with E-state index in [-0.39, 0.29) is 104 Å². The molecule has 9 aromatic rings. The maximum absolute atomic E-state index is 15.9. The summed E-state index contributed by atoms with van der Waals surface area (Å²) in [6.45, 7) is 15.2. The number of carbonyl (C=O) groups excluding carboxylic acids is 3. The van der Waals surface area contributed by atoms with Crippen LogP contribution in [0.3, 0.4) is 0 Å². The second kappa shape index (κ2) is 37.1. The molecule has 0 radical (unpaired) electrons. The van der Waals surface area contributed by atoms with E-state index in [0.29, 0.717) is 68.5 Å². The van der Waals surface area contributed by atoms with E-state index >= 15 is 13.2 Å². The van der Waals surface area contributed by atoms with E-state index in [0.717, 1.165) is 18.7 Å². The fourth-order valence-corrected chi connectivity index (χ4v) is 13.5. The standard InChI is InChI=1S/C32H37F2NO6S.C26H24F2N2O3.C23H18F2N2O4.C2H7N.ClH/c1-31(2,3)41-27(37)15-20(18-42(39)32(4,5)6)23-16-26(36)35(7)17-24(23)22-13-14-25(40-8)29(34)28(22)30(38)19-9-11-21(33)12-10-19;1-4-5-17(31)12-21-19-13-23(32)30(2)14-20(19)18-10-11-22(33-3)25(28)24(18)26(29-21)15-6-8-16(27)9-7-15;1-27-11-16-14-7-8-18(31-2)22(25)21(14)23(12-3-5-13(24)6-4-12)26-17(10-20(29)30)15(16)9-19(27)28;1-2-3;/h9-14,16-17,20H,15,18H2,1-8H3;6-11,13-14,21H,4-5,12H2,1-3H3;3-9,11,17H,10H2,1-2H3,(H,29,30);2-3H2,1H3;1H/t20-,42-;21-;17-;;/m100../s1. The van der Waals surface area contributed by atoms with Crippen LogP contribution in [-0.4, -0.2) is 102 Å². The molecular formula is C83H87ClF6N6O13S. The first-order valence-corrected chi connectivity index (χ1v) is 36.0. The molecule has 11 rings (SSSR count). The number of aryl methyl sites for hydroxylation is 3. The van der Waals surface area contributed by atoms with Gasteiger partial charge in [-0.05, 0) is 197 Å². The lowest BCUT2D eigenvalue weighted by Gasteiger charge is -2.27. The molecular weight excluding hydrogens is 1470 g/mol. The Balaban J connectivity index is 0.000000227. The van der Waals surface area contributed by atoms with Gasteiger partial charge in [0.1, 0.15) is 28.8 Å². The molecule has 0 saturated carbocycles. The largest absolute Gasteiger partial charge is 0.494 e. The summed E-state index contributed by atoms with van der Waals surface area (Å²) >= 11 is 0. The number of fused-ring (bicyclic) bond motifs is 6. The third-order valence-corrected chi connectivity index (χ3v) is 19.7. The molecule has 27 heteroatoms. The van der Waals surface area contributed by atoms with Crippen LogP contribution >= 0.6 is 12.4 Å². The van der Waals surface area contributed by atoms with E-state index in [2.05, 4.69) is 4.99 Å². The summed E-state index contributed by atoms with van der Waals surface area (Å²) < 4.78 is 126. The van der Waals surface area contributed by atoms with Gasteiger partial charge in [-0.3, -0.25) is 47.8 Å². The molecule has 0 spiro atoms. The quantitative estimate of drug-likeness (QED) is 0.0433. The van der Waals surface area contributed by atoms with Crippen molar-refractivity contribution in [2.24, 2.45) is 36.9 Å². The number of carboxylic acid groups (broad SMARTS) is 1. The van der Waals surface area contributed by atoms with Gasteiger partial charge in [0.05, 0.1) is 63.2 Å². The number of aliphatic carboxylic acids is 1. The fourth-order valence-electron chi connectivity index (χ4n) is 12.3. The number of rotatable bonds is 19. The number of ether oxygens (including phenoxy) is 4. The van der Waals surface area contributed by atoms with Crippen LogP contribution in [0, 0.1) is 34.9 Å². The minimum absolute atomic E-state index is 0. The summed E-state index contributed by atoms with van der Waals surface area (Å²) in [5.41, 5.74) is 8.11. The van der Waals surface area contributed by atoms with E-state index in [1.807, 2.05) is 13.8 Å². The van der Waals surface area contributed by atoms with Crippen molar-refractivity contribution in [1.29, 1.82) is 0 Å². The van der Waals surface area contributed by atoms with Gasteiger partial charge in [-0.2, -0.15) is 0 Å². The van der Waals surface area contributed by atoms with Crippen molar-refractivity contribution in [2.75, 3.05) is 33.6 Å². The van der Waals surface area contributed by atoms with Gasteiger partial charge in [0, 0.05) is 142 Å². The molecule has 2 aliphatic heterocycles. The smallest absolute Gasteiger partial charge is 0.306 e. The zero-order valence-electron chi connectivity index (χ0n) is 63.3. The highest BCUT2D eigenvalue weighted by atomic mass is 35.5. The second-order valence-electron chi connectivity index (χ2n) is 27.7. The Morgan fingerprint density at radius 3 is 1.35 bits per heavy atom. The molecule has 0 amide bonds. The van der Waals surface area contributed by atoms with E-state index < -0.39 is 104 Å². The number of carboxylic acids is 1. The summed E-state index contributed by atoms with van der Waals surface area (Å²) in [6, 6.07) is 27.3. The molecule has 0 unspecified atom stereocenters. The normalized spacial score (nSPS) is 13.9. The number of halogens is 7. The van der Waals surface area contributed by atoms with E-state index in [1.54, 1.807) is 80.2 Å². The molecule has 582 valence electrons. The van der Waals surface area contributed by atoms with Crippen molar-refractivity contribution in [3.05, 3.63) is 262 Å². The van der Waals surface area contributed by atoms with Crippen molar-refractivity contribution in [1.82, 2.24) is 13.7 Å². The molecule has 3 aromatic heterocycles. The van der Waals surface area contributed by atoms with Crippen LogP contribution in [0.4, 0.5) is 26.3 Å². The van der Waals surface area contributed by atoms with Gasteiger partial charge in [0.15, 0.2) is 40.5 Å². The van der Waals surface area contributed by atoms with Crippen molar-refractivity contribution in [3.8, 4) is 50.6 Å². The van der Waals surface area contributed by atoms with Crippen LogP contribution < -0.4 is 36.6 Å². The Morgan fingerprint density at radius 2 is 0.945 bits per heavy atom. The predicted octanol–water partition coefficient (Wildman–Crippen LogP) is 15.0. The van der Waals surface area contributed by atoms with Gasteiger partial charge < -0.3 is 43.5 Å². The van der Waals surface area contributed by atoms with Crippen LogP contribution in [-0.2, 0) is 51.1 Å². The molecule has 5 heterocycles. The number of esters is 1. The summed E-state index contributed by atoms with van der Waals surface area (Å²) in [4.78, 5) is 98.1. The molecule has 0 saturated heterocycles. The third kappa shape index (κ3) is 20.3. The monoisotopic (exact) mass is 1560 g/mol. The van der Waals surface area contributed by atoms with Gasteiger partial charge in [0.25, 0.3) is 16.7 Å². The summed E-state index contributed by atoms with van der Waals surface area (Å²) in [5.74, 6) is -7.05. The third-order valence-electron chi connectivity index (χ3n) is 17.6. The molecule has 3 N–H and O–H groups in total. The van der Waals surface area contributed by atoms with Crippen molar-refractivity contribution in [2.45, 2.75) is 116 Å². The van der Waals surface area contributed by atoms with Crippen molar-refractivity contribution in [3.63, 3.8) is 0 Å². The van der Waals surface area contributed by atoms with Gasteiger partial charge >= 0.3 is 11.9 Å². The highest BCUT2D eigenvalue weighted by Gasteiger charge is 2.36. The number of Topliss-reactive ketones (excluding diaryl/α,β-unsaturated/α-hetero) is 1. The summed E-state index contributed by atoms with van der Waals surface area (Å²) in [5, 5.41) is 9.46. The highest BCUT2D eigenvalue weighted by molar-refractivity contribution is 7.86. The number of aromatic nitrogens is 3. The molecule has 6 aromatic carbocycles. The minimum Gasteiger partial charge on any atom is -0.494 e. The number of nitrogens with two attached hydrogens (primary N) is 1. The van der Waals surface area contributed by atoms with E-state index in [4.69, 9.17) is 29.7 Å². The van der Waals surface area contributed by atoms with Crippen LogP contribution in [0.15, 0.2) is 170 Å². The summed E-state index contributed by atoms with van der Waals surface area (Å²) in [6.07, 6.45) is 5.18. The zero-order chi connectivity index (χ0) is 80.3. The Hall–Kier alpha value is -10.8. The molecule has 0 aliphatic carbocycles. The van der Waals surface area contributed by atoms with Gasteiger partial charge in [-0.25, -0.2) is 26.3 Å². The summed E-state index contributed by atoms with van der Waals surface area (Å²) in [7, 11) is 7.20. The Kier molecular flexibility index (Phi) is 29.1. The number of pyridine rings is 3. The van der Waals surface area contributed by atoms with Gasteiger partial charge in [-0.1, -0.05) is 13.8 Å². The number of nitrogens with zero attached hydrogens (tertiary/aromatic N) is 5. The molecule has 4 atom stereocenters. The first-order chi connectivity index (χ1) is 51.5. The number of methoxy groups -OCH3 is 3.